The fourth-order valence-electron chi connectivity index (χ4n) is 3.10. The molecule has 0 saturated carbocycles. The largest absolute Gasteiger partial charge is 0.387 e. The van der Waals surface area contributed by atoms with E-state index < -0.39 is 15.6 Å². The number of piperazine rings is 1. The van der Waals surface area contributed by atoms with Crippen LogP contribution in [0.3, 0.4) is 0 Å². The molecule has 0 spiro atoms. The van der Waals surface area contributed by atoms with Gasteiger partial charge in [-0.1, -0.05) is 0 Å². The summed E-state index contributed by atoms with van der Waals surface area (Å²) in [6.45, 7) is 4.88. The van der Waals surface area contributed by atoms with Crippen molar-refractivity contribution in [1.29, 1.82) is 0 Å². The van der Waals surface area contributed by atoms with E-state index >= 15 is 0 Å². The Balaban J connectivity index is 1.85. The van der Waals surface area contributed by atoms with Gasteiger partial charge in [0.1, 0.15) is 0 Å². The zero-order valence-electron chi connectivity index (χ0n) is 11.9. The van der Waals surface area contributed by atoms with E-state index in [2.05, 4.69) is 9.80 Å². The van der Waals surface area contributed by atoms with Crippen molar-refractivity contribution >= 4 is 10.0 Å². The Morgan fingerprint density at radius 3 is 2.32 bits per heavy atom. The SMILES string of the molecule is CN1CCC[C@](O)(CN2CCN(S(C)(=O)=O)CC2)C1. The number of aliphatic hydroxyl groups is 1. The van der Waals surface area contributed by atoms with Crippen molar-refractivity contribution in [2.45, 2.75) is 18.4 Å². The smallest absolute Gasteiger partial charge is 0.211 e. The highest BCUT2D eigenvalue weighted by Gasteiger charge is 2.35. The van der Waals surface area contributed by atoms with Gasteiger partial charge in [-0.2, -0.15) is 4.31 Å². The van der Waals surface area contributed by atoms with Crippen molar-refractivity contribution in [1.82, 2.24) is 14.1 Å². The van der Waals surface area contributed by atoms with E-state index in [1.54, 1.807) is 0 Å². The Hall–Kier alpha value is -0.210. The summed E-state index contributed by atoms with van der Waals surface area (Å²) in [5.74, 6) is 0. The Morgan fingerprint density at radius 1 is 1.16 bits per heavy atom. The van der Waals surface area contributed by atoms with E-state index in [1.807, 2.05) is 7.05 Å². The van der Waals surface area contributed by atoms with Gasteiger partial charge in [-0.3, -0.25) is 4.90 Å². The van der Waals surface area contributed by atoms with Gasteiger partial charge in [0.15, 0.2) is 0 Å². The summed E-state index contributed by atoms with van der Waals surface area (Å²) < 4.78 is 24.4. The number of sulfonamides is 1. The van der Waals surface area contributed by atoms with Crippen LogP contribution in [0.5, 0.6) is 0 Å². The number of likely N-dealkylation sites (tertiary alicyclic amines) is 1. The van der Waals surface area contributed by atoms with E-state index in [9.17, 15) is 13.5 Å². The number of β-amino-alcohol motifs (C(OH)–C–C–N with tert-alkyl or cyclic N) is 1. The topological polar surface area (TPSA) is 64.1 Å². The second-order valence-corrected chi connectivity index (χ2v) is 7.99. The first kappa shape index (κ1) is 15.2. The predicted octanol–water partition coefficient (Wildman–Crippen LogP) is -0.980. The maximum Gasteiger partial charge on any atom is 0.211 e. The average Bonchev–Trinajstić information content (AvgIpc) is 2.27. The van der Waals surface area contributed by atoms with Crippen LogP contribution in [-0.4, -0.2) is 92.3 Å². The van der Waals surface area contributed by atoms with E-state index in [1.165, 1.54) is 10.6 Å². The molecule has 1 N–H and O–H groups in total. The fourth-order valence-corrected chi connectivity index (χ4v) is 3.93. The molecule has 0 aromatic rings. The predicted molar refractivity (Wildman–Crippen MR) is 74.5 cm³/mol. The van der Waals surface area contributed by atoms with Crippen LogP contribution in [-0.2, 0) is 10.0 Å². The highest BCUT2D eigenvalue weighted by atomic mass is 32.2. The van der Waals surface area contributed by atoms with Gasteiger partial charge in [0.05, 0.1) is 11.9 Å². The summed E-state index contributed by atoms with van der Waals surface area (Å²) >= 11 is 0. The number of rotatable bonds is 3. The van der Waals surface area contributed by atoms with Crippen LogP contribution in [0.4, 0.5) is 0 Å². The summed E-state index contributed by atoms with van der Waals surface area (Å²) in [6, 6.07) is 0. The average molecular weight is 291 g/mol. The lowest BCUT2D eigenvalue weighted by Gasteiger charge is -2.42. The van der Waals surface area contributed by atoms with Gasteiger partial charge in [-0.15, -0.1) is 0 Å². The monoisotopic (exact) mass is 291 g/mol. The Kier molecular flexibility index (Phi) is 4.52. The normalized spacial score (nSPS) is 32.6. The lowest BCUT2D eigenvalue weighted by Crippen LogP contribution is -2.57. The summed E-state index contributed by atoms with van der Waals surface area (Å²) in [5, 5.41) is 10.6. The molecule has 1 atom stereocenters. The fraction of sp³-hybridized carbons (Fsp3) is 1.00. The molecule has 7 heteroatoms. The molecule has 2 rings (SSSR count). The van der Waals surface area contributed by atoms with Gasteiger partial charge < -0.3 is 10.0 Å². The molecule has 2 aliphatic heterocycles. The third-order valence-electron chi connectivity index (χ3n) is 4.06. The first-order valence-corrected chi connectivity index (χ1v) is 8.72. The molecule has 112 valence electrons. The lowest BCUT2D eigenvalue weighted by molar-refractivity contribution is -0.0511. The first-order chi connectivity index (χ1) is 8.78. The van der Waals surface area contributed by atoms with E-state index in [0.717, 1.165) is 19.4 Å². The number of likely N-dealkylation sites (N-methyl/N-ethyl adjacent to an activating group) is 1. The number of hydrogen-bond acceptors (Lipinski definition) is 5. The molecule has 6 nitrogen and oxygen atoms in total. The van der Waals surface area contributed by atoms with Gasteiger partial charge >= 0.3 is 0 Å². The minimum atomic E-state index is -3.07. The minimum Gasteiger partial charge on any atom is -0.387 e. The highest BCUT2D eigenvalue weighted by Crippen LogP contribution is 2.22. The zero-order valence-corrected chi connectivity index (χ0v) is 12.7. The van der Waals surface area contributed by atoms with Crippen LogP contribution in [0, 0.1) is 0 Å². The second kappa shape index (κ2) is 5.65. The number of piperidine rings is 1. The lowest BCUT2D eigenvalue weighted by atomic mass is 9.92. The van der Waals surface area contributed by atoms with Crippen molar-refractivity contribution in [3.8, 4) is 0 Å². The van der Waals surface area contributed by atoms with Crippen molar-refractivity contribution in [2.75, 3.05) is 59.1 Å². The van der Waals surface area contributed by atoms with Crippen molar-refractivity contribution in [3.05, 3.63) is 0 Å². The number of nitrogens with zero attached hydrogens (tertiary/aromatic N) is 3. The third kappa shape index (κ3) is 4.13. The molecule has 0 bridgehead atoms. The maximum atomic E-state index is 11.4. The number of hydrogen-bond donors (Lipinski definition) is 1. The summed E-state index contributed by atoms with van der Waals surface area (Å²) in [4.78, 5) is 4.34. The quantitative estimate of drug-likeness (QED) is 0.724. The van der Waals surface area contributed by atoms with Crippen molar-refractivity contribution < 1.29 is 13.5 Å². The molecule has 2 fully saturated rings. The van der Waals surface area contributed by atoms with Crippen LogP contribution < -0.4 is 0 Å². The highest BCUT2D eigenvalue weighted by molar-refractivity contribution is 7.88. The van der Waals surface area contributed by atoms with Crippen LogP contribution in [0.1, 0.15) is 12.8 Å². The Morgan fingerprint density at radius 2 is 1.79 bits per heavy atom. The maximum absolute atomic E-state index is 11.4. The summed E-state index contributed by atoms with van der Waals surface area (Å²) in [6.07, 6.45) is 3.12. The van der Waals surface area contributed by atoms with Crippen LogP contribution in [0.25, 0.3) is 0 Å². The van der Waals surface area contributed by atoms with Crippen LogP contribution >= 0.6 is 0 Å². The Bertz CT molecular complexity index is 406. The summed E-state index contributed by atoms with van der Waals surface area (Å²) in [7, 11) is -1.04. The first-order valence-electron chi connectivity index (χ1n) is 6.87. The van der Waals surface area contributed by atoms with Crippen LogP contribution in [0.2, 0.25) is 0 Å². The summed E-state index contributed by atoms with van der Waals surface area (Å²) in [5.41, 5.74) is -0.639. The molecule has 2 aliphatic rings. The molecule has 0 unspecified atom stereocenters. The standard InChI is InChI=1S/C12H25N3O3S/c1-13-5-3-4-12(16,10-13)11-14-6-8-15(9-7-14)19(2,17)18/h16H,3-11H2,1-2H3/t12-/m1/s1. The molecular formula is C12H25N3O3S. The molecule has 2 saturated heterocycles. The molecule has 2 heterocycles. The van der Waals surface area contributed by atoms with E-state index in [0.29, 0.717) is 39.3 Å². The molecule has 0 aliphatic carbocycles. The molecular weight excluding hydrogens is 266 g/mol. The second-order valence-electron chi connectivity index (χ2n) is 6.00. The minimum absolute atomic E-state index is 0.532. The Labute approximate surface area is 116 Å². The van der Waals surface area contributed by atoms with Gasteiger partial charge in [0.2, 0.25) is 10.0 Å². The molecule has 0 aromatic heterocycles. The van der Waals surface area contributed by atoms with E-state index in [4.69, 9.17) is 0 Å². The van der Waals surface area contributed by atoms with Crippen molar-refractivity contribution in [2.24, 2.45) is 0 Å². The van der Waals surface area contributed by atoms with Crippen molar-refractivity contribution in [3.63, 3.8) is 0 Å². The van der Waals surface area contributed by atoms with E-state index in [-0.39, 0.29) is 0 Å². The van der Waals surface area contributed by atoms with Gasteiger partial charge in [-0.05, 0) is 26.4 Å². The molecule has 0 amide bonds. The third-order valence-corrected chi connectivity index (χ3v) is 5.37. The molecule has 0 aromatic carbocycles. The molecule has 19 heavy (non-hydrogen) atoms. The molecule has 0 radical (unpaired) electrons. The van der Waals surface area contributed by atoms with Crippen LogP contribution in [0.15, 0.2) is 0 Å². The van der Waals surface area contributed by atoms with Gasteiger partial charge in [0, 0.05) is 39.3 Å². The van der Waals surface area contributed by atoms with Gasteiger partial charge in [0.25, 0.3) is 0 Å². The van der Waals surface area contributed by atoms with Gasteiger partial charge in [-0.25, -0.2) is 8.42 Å². The zero-order chi connectivity index (χ0) is 14.1.